The Morgan fingerprint density at radius 1 is 1.18 bits per heavy atom. The molecule has 3 atom stereocenters. The number of hydrogen-bond donors (Lipinski definition) is 2. The Kier molecular flexibility index (Phi) is 6.75. The summed E-state index contributed by atoms with van der Waals surface area (Å²) in [6, 6.07) is 0. The van der Waals surface area contributed by atoms with Crippen LogP contribution in [0.25, 0.3) is 0 Å². The molecule has 0 bridgehead atoms. The van der Waals surface area contributed by atoms with Crippen LogP contribution >= 0.6 is 11.3 Å². The van der Waals surface area contributed by atoms with E-state index >= 15 is 0 Å². The molecule has 7 heteroatoms. The van der Waals surface area contributed by atoms with E-state index < -0.39 is 17.8 Å². The number of amides is 1. The van der Waals surface area contributed by atoms with Crippen molar-refractivity contribution >= 4 is 34.2 Å². The van der Waals surface area contributed by atoms with Gasteiger partial charge < -0.3 is 15.2 Å². The number of carbonyl (C=O) groups is 3. The van der Waals surface area contributed by atoms with Crippen molar-refractivity contribution < 1.29 is 24.2 Å². The number of nitrogens with one attached hydrogen (secondary N) is 1. The number of fused-ring (bicyclic) bond motifs is 1. The highest BCUT2D eigenvalue weighted by Crippen LogP contribution is 2.41. The van der Waals surface area contributed by atoms with Gasteiger partial charge in [-0.15, -0.1) is 11.3 Å². The lowest BCUT2D eigenvalue weighted by Crippen LogP contribution is -2.36. The second-order valence-electron chi connectivity index (χ2n) is 8.02. The molecule has 1 fully saturated rings. The molecule has 3 rings (SSSR count). The minimum Gasteiger partial charge on any atom is -0.481 e. The molecule has 0 aromatic carbocycles. The standard InChI is InChI=1S/C21H29NO5S/c1-3-10-27-21(26)17-15-9-8-12(2)11-16(15)28-19(17)22-18(23)13-6-4-5-7-14(13)20(24)25/h12-14H,3-11H2,1-2H3,(H,22,23)(H,24,25)/t12-,13-,14-/m1/s1. The van der Waals surface area contributed by atoms with E-state index in [-0.39, 0.29) is 11.9 Å². The van der Waals surface area contributed by atoms with Gasteiger partial charge in [-0.05, 0) is 50.0 Å². The number of thiophene rings is 1. The molecule has 2 aliphatic carbocycles. The molecule has 1 saturated carbocycles. The summed E-state index contributed by atoms with van der Waals surface area (Å²) in [5, 5.41) is 12.9. The lowest BCUT2D eigenvalue weighted by molar-refractivity contribution is -0.147. The summed E-state index contributed by atoms with van der Waals surface area (Å²) in [6.07, 6.45) is 6.23. The van der Waals surface area contributed by atoms with Crippen LogP contribution in [0.5, 0.6) is 0 Å². The zero-order valence-corrected chi connectivity index (χ0v) is 17.4. The van der Waals surface area contributed by atoms with Crippen LogP contribution in [-0.2, 0) is 27.2 Å². The Balaban J connectivity index is 1.87. The molecule has 1 amide bonds. The first-order valence-corrected chi connectivity index (χ1v) is 11.1. The largest absolute Gasteiger partial charge is 0.481 e. The number of carboxylic acid groups (broad SMARTS) is 1. The molecule has 2 N–H and O–H groups in total. The van der Waals surface area contributed by atoms with Crippen molar-refractivity contribution in [3.63, 3.8) is 0 Å². The Labute approximate surface area is 169 Å². The van der Waals surface area contributed by atoms with E-state index in [9.17, 15) is 19.5 Å². The van der Waals surface area contributed by atoms with Crippen LogP contribution in [0.1, 0.15) is 73.2 Å². The van der Waals surface area contributed by atoms with Crippen LogP contribution in [0.15, 0.2) is 0 Å². The molecule has 0 spiro atoms. The third-order valence-corrected chi connectivity index (χ3v) is 6.98. The molecule has 1 heterocycles. The van der Waals surface area contributed by atoms with Crippen molar-refractivity contribution in [1.29, 1.82) is 0 Å². The number of rotatable bonds is 6. The maximum Gasteiger partial charge on any atom is 0.341 e. The molecule has 28 heavy (non-hydrogen) atoms. The Morgan fingerprint density at radius 2 is 1.89 bits per heavy atom. The summed E-state index contributed by atoms with van der Waals surface area (Å²) in [5.41, 5.74) is 1.48. The van der Waals surface area contributed by atoms with Crippen molar-refractivity contribution in [2.45, 2.75) is 65.2 Å². The third kappa shape index (κ3) is 4.40. The fraction of sp³-hybridized carbons (Fsp3) is 0.667. The van der Waals surface area contributed by atoms with Gasteiger partial charge in [-0.2, -0.15) is 0 Å². The Morgan fingerprint density at radius 3 is 2.57 bits per heavy atom. The smallest absolute Gasteiger partial charge is 0.341 e. The SMILES string of the molecule is CCCOC(=O)c1c(NC(=O)[C@@H]2CCCC[C@H]2C(=O)O)sc2c1CC[C@@H](C)C2. The third-order valence-electron chi connectivity index (χ3n) is 5.81. The summed E-state index contributed by atoms with van der Waals surface area (Å²) in [6.45, 7) is 4.47. The number of carboxylic acids is 1. The fourth-order valence-electron chi connectivity index (χ4n) is 4.27. The van der Waals surface area contributed by atoms with Gasteiger partial charge in [0.05, 0.1) is 24.0 Å². The second-order valence-corrected chi connectivity index (χ2v) is 9.12. The summed E-state index contributed by atoms with van der Waals surface area (Å²) in [4.78, 5) is 38.3. The predicted octanol–water partition coefficient (Wildman–Crippen LogP) is 4.27. The normalized spacial score (nSPS) is 24.3. The molecule has 0 unspecified atom stereocenters. The average molecular weight is 408 g/mol. The van der Waals surface area contributed by atoms with E-state index in [2.05, 4.69) is 12.2 Å². The van der Waals surface area contributed by atoms with Gasteiger partial charge in [0.15, 0.2) is 0 Å². The molecular weight excluding hydrogens is 378 g/mol. The van der Waals surface area contributed by atoms with Crippen molar-refractivity contribution in [2.75, 3.05) is 11.9 Å². The second kappa shape index (κ2) is 9.07. The van der Waals surface area contributed by atoms with E-state index in [4.69, 9.17) is 4.74 Å². The average Bonchev–Trinajstić information content (AvgIpc) is 3.02. The molecule has 6 nitrogen and oxygen atoms in total. The van der Waals surface area contributed by atoms with Gasteiger partial charge in [0.2, 0.25) is 5.91 Å². The highest BCUT2D eigenvalue weighted by molar-refractivity contribution is 7.17. The summed E-state index contributed by atoms with van der Waals surface area (Å²) in [5.74, 6) is -2.25. The maximum atomic E-state index is 12.9. The first kappa shape index (κ1) is 20.8. The summed E-state index contributed by atoms with van der Waals surface area (Å²) >= 11 is 1.45. The van der Waals surface area contributed by atoms with Gasteiger partial charge in [0, 0.05) is 4.88 Å². The summed E-state index contributed by atoms with van der Waals surface area (Å²) in [7, 11) is 0. The number of aliphatic carboxylic acids is 1. The van der Waals surface area contributed by atoms with Crippen molar-refractivity contribution in [3.8, 4) is 0 Å². The molecule has 1 aromatic rings. The van der Waals surface area contributed by atoms with E-state index in [1.807, 2.05) is 6.92 Å². The highest BCUT2D eigenvalue weighted by atomic mass is 32.1. The van der Waals surface area contributed by atoms with Crippen LogP contribution in [0.4, 0.5) is 5.00 Å². The van der Waals surface area contributed by atoms with Gasteiger partial charge in [-0.1, -0.05) is 26.7 Å². The van der Waals surface area contributed by atoms with Gasteiger partial charge in [0.25, 0.3) is 0 Å². The van der Waals surface area contributed by atoms with Gasteiger partial charge in [0.1, 0.15) is 5.00 Å². The van der Waals surface area contributed by atoms with Gasteiger partial charge in [-0.3, -0.25) is 9.59 Å². The number of hydrogen-bond acceptors (Lipinski definition) is 5. The van der Waals surface area contributed by atoms with Crippen molar-refractivity contribution in [3.05, 3.63) is 16.0 Å². The summed E-state index contributed by atoms with van der Waals surface area (Å²) < 4.78 is 5.38. The first-order chi connectivity index (χ1) is 13.4. The molecular formula is C21H29NO5S. The van der Waals surface area contributed by atoms with Crippen LogP contribution in [-0.4, -0.2) is 29.6 Å². The Bertz CT molecular complexity index is 756. The number of carbonyl (C=O) groups excluding carboxylic acids is 2. The fourth-order valence-corrected chi connectivity index (χ4v) is 5.67. The quantitative estimate of drug-likeness (QED) is 0.687. The minimum absolute atomic E-state index is 0.289. The molecule has 0 radical (unpaired) electrons. The van der Waals surface area contributed by atoms with Crippen LogP contribution in [0.2, 0.25) is 0 Å². The maximum absolute atomic E-state index is 12.9. The zero-order valence-electron chi connectivity index (χ0n) is 16.6. The van der Waals surface area contributed by atoms with Crippen molar-refractivity contribution in [1.82, 2.24) is 0 Å². The van der Waals surface area contributed by atoms with E-state index in [1.54, 1.807) is 0 Å². The van der Waals surface area contributed by atoms with Crippen LogP contribution < -0.4 is 5.32 Å². The highest BCUT2D eigenvalue weighted by Gasteiger charge is 2.37. The lowest BCUT2D eigenvalue weighted by Gasteiger charge is -2.27. The van der Waals surface area contributed by atoms with E-state index in [1.165, 1.54) is 11.3 Å². The van der Waals surface area contributed by atoms with E-state index in [0.717, 1.165) is 49.0 Å². The lowest BCUT2D eigenvalue weighted by atomic mass is 9.78. The van der Waals surface area contributed by atoms with Gasteiger partial charge >= 0.3 is 11.9 Å². The van der Waals surface area contributed by atoms with Gasteiger partial charge in [-0.25, -0.2) is 4.79 Å². The number of ether oxygens (including phenoxy) is 1. The zero-order chi connectivity index (χ0) is 20.3. The molecule has 1 aromatic heterocycles. The van der Waals surface area contributed by atoms with Crippen LogP contribution in [0.3, 0.4) is 0 Å². The Hall–Kier alpha value is -1.89. The van der Waals surface area contributed by atoms with Crippen molar-refractivity contribution in [2.24, 2.45) is 17.8 Å². The monoisotopic (exact) mass is 407 g/mol. The number of anilines is 1. The molecule has 0 saturated heterocycles. The number of esters is 1. The molecule has 2 aliphatic rings. The molecule has 154 valence electrons. The predicted molar refractivity (Wildman–Crippen MR) is 108 cm³/mol. The van der Waals surface area contributed by atoms with Crippen LogP contribution in [0, 0.1) is 17.8 Å². The minimum atomic E-state index is -0.915. The topological polar surface area (TPSA) is 92.7 Å². The van der Waals surface area contributed by atoms with E-state index in [0.29, 0.717) is 35.9 Å². The first-order valence-electron chi connectivity index (χ1n) is 10.3. The molecule has 0 aliphatic heterocycles.